The van der Waals surface area contributed by atoms with Crippen molar-refractivity contribution in [1.29, 1.82) is 0 Å². The van der Waals surface area contributed by atoms with E-state index in [-0.39, 0.29) is 24.5 Å². The van der Waals surface area contributed by atoms with Gasteiger partial charge in [-0.25, -0.2) is 9.67 Å². The van der Waals surface area contributed by atoms with Crippen molar-refractivity contribution in [3.63, 3.8) is 0 Å². The van der Waals surface area contributed by atoms with Gasteiger partial charge in [0.2, 0.25) is 5.91 Å². The molecule has 1 aliphatic heterocycles. The Labute approximate surface area is 233 Å². The Morgan fingerprint density at radius 1 is 1.23 bits per heavy atom. The van der Waals surface area contributed by atoms with Crippen molar-refractivity contribution in [2.45, 2.75) is 39.1 Å². The van der Waals surface area contributed by atoms with Crippen LogP contribution in [-0.2, 0) is 22.4 Å². The van der Waals surface area contributed by atoms with Crippen LogP contribution in [0.2, 0.25) is 5.02 Å². The number of fused-ring (bicyclic) bond motifs is 3. The highest BCUT2D eigenvalue weighted by Crippen LogP contribution is 2.44. The van der Waals surface area contributed by atoms with E-state index < -0.39 is 6.29 Å². The maximum Gasteiger partial charge on any atom is 0.254 e. The zero-order valence-corrected chi connectivity index (χ0v) is 22.8. The van der Waals surface area contributed by atoms with E-state index in [9.17, 15) is 14.7 Å². The lowest BCUT2D eigenvalue weighted by atomic mass is 9.95. The standard InChI is InChI=1S/C27H25ClN6O4S/c1-14-12-33(13-22(36)38-14)26(37)16-5-8-21(19(28)10-16)34-24-18(23(32-34)17-4-3-9-29-11-17)6-7-20-25(24)39-27(31-20)30-15(2)35/h3-5,8-11,14,22,36H,6-7,12-13H2,1-2H3,(H,30,31,35). The molecule has 0 radical (unpaired) electrons. The van der Waals surface area contributed by atoms with Crippen molar-refractivity contribution in [2.75, 3.05) is 18.4 Å². The molecule has 1 fully saturated rings. The lowest BCUT2D eigenvalue weighted by Gasteiger charge is -2.34. The summed E-state index contributed by atoms with van der Waals surface area (Å²) in [5.41, 5.74) is 5.48. The fourth-order valence-corrected chi connectivity index (χ4v) is 6.45. The number of morpholine rings is 1. The quantitative estimate of drug-likeness (QED) is 0.385. The van der Waals surface area contributed by atoms with Crippen LogP contribution in [0.5, 0.6) is 0 Å². The van der Waals surface area contributed by atoms with Crippen molar-refractivity contribution in [2.24, 2.45) is 0 Å². The fraction of sp³-hybridized carbons (Fsp3) is 0.296. The van der Waals surface area contributed by atoms with Crippen LogP contribution in [0.3, 0.4) is 0 Å². The minimum atomic E-state index is -1.02. The Hall–Kier alpha value is -3.64. The Morgan fingerprint density at radius 2 is 2.08 bits per heavy atom. The smallest absolute Gasteiger partial charge is 0.254 e. The lowest BCUT2D eigenvalue weighted by Crippen LogP contribution is -2.49. The highest BCUT2D eigenvalue weighted by Gasteiger charge is 2.32. The Morgan fingerprint density at radius 3 is 2.79 bits per heavy atom. The first-order valence-electron chi connectivity index (χ1n) is 12.5. The van der Waals surface area contributed by atoms with Gasteiger partial charge in [0.05, 0.1) is 45.3 Å². The van der Waals surface area contributed by atoms with Crippen molar-refractivity contribution in [1.82, 2.24) is 24.6 Å². The third kappa shape index (κ3) is 4.82. The van der Waals surface area contributed by atoms with Crippen molar-refractivity contribution in [3.8, 4) is 27.5 Å². The van der Waals surface area contributed by atoms with Gasteiger partial charge in [0.25, 0.3) is 5.91 Å². The number of carbonyl (C=O) groups is 2. The summed E-state index contributed by atoms with van der Waals surface area (Å²) in [5.74, 6) is -0.419. The van der Waals surface area contributed by atoms with E-state index in [4.69, 9.17) is 21.4 Å². The van der Waals surface area contributed by atoms with Gasteiger partial charge in [0.1, 0.15) is 0 Å². The van der Waals surface area contributed by atoms with Crippen LogP contribution in [0.25, 0.3) is 27.5 Å². The summed E-state index contributed by atoms with van der Waals surface area (Å²) in [7, 11) is 0. The second kappa shape index (κ2) is 10.2. The third-order valence-corrected chi connectivity index (χ3v) is 8.00. The summed E-state index contributed by atoms with van der Waals surface area (Å²) in [6.07, 6.45) is 3.62. The normalized spacial score (nSPS) is 18.4. The highest BCUT2D eigenvalue weighted by molar-refractivity contribution is 7.19. The van der Waals surface area contributed by atoms with Crippen molar-refractivity contribution < 1.29 is 19.4 Å². The zero-order chi connectivity index (χ0) is 27.3. The molecule has 2 aliphatic rings. The largest absolute Gasteiger partial charge is 0.366 e. The number of thiazole rings is 1. The molecule has 39 heavy (non-hydrogen) atoms. The van der Waals surface area contributed by atoms with Gasteiger partial charge < -0.3 is 20.1 Å². The number of β-amino-alcohol motifs (C(OH)–C–C–N with tert-alkyl or cyclic N) is 1. The number of amides is 2. The maximum atomic E-state index is 13.2. The molecule has 0 spiro atoms. The first kappa shape index (κ1) is 25.6. The van der Waals surface area contributed by atoms with E-state index in [1.165, 1.54) is 18.3 Å². The van der Waals surface area contributed by atoms with E-state index >= 15 is 0 Å². The number of aryl methyl sites for hydroxylation is 1. The molecule has 1 aromatic carbocycles. The molecule has 1 saturated heterocycles. The molecule has 6 rings (SSSR count). The molecule has 2 unspecified atom stereocenters. The Balaban J connectivity index is 1.44. The second-order valence-corrected chi connectivity index (χ2v) is 11.0. The molecular formula is C27H25ClN6O4S. The molecule has 2 atom stereocenters. The van der Waals surface area contributed by atoms with Gasteiger partial charge >= 0.3 is 0 Å². The molecule has 3 aromatic heterocycles. The summed E-state index contributed by atoms with van der Waals surface area (Å²) in [5, 5.41) is 18.6. The van der Waals surface area contributed by atoms with Crippen LogP contribution in [0.1, 0.15) is 35.5 Å². The molecule has 1 aliphatic carbocycles. The molecule has 0 saturated carbocycles. The number of benzene rings is 1. The molecule has 2 N–H and O–H groups in total. The van der Waals surface area contributed by atoms with Crippen molar-refractivity contribution >= 4 is 39.9 Å². The summed E-state index contributed by atoms with van der Waals surface area (Å²) < 4.78 is 7.13. The third-order valence-electron chi connectivity index (χ3n) is 6.68. The first-order valence-corrected chi connectivity index (χ1v) is 13.7. The van der Waals surface area contributed by atoms with E-state index in [1.54, 1.807) is 40.2 Å². The fourth-order valence-electron chi connectivity index (χ4n) is 5.07. The number of halogens is 1. The minimum Gasteiger partial charge on any atom is -0.366 e. The number of ether oxygens (including phenoxy) is 1. The van der Waals surface area contributed by atoms with E-state index in [0.29, 0.717) is 40.8 Å². The first-order chi connectivity index (χ1) is 18.8. The average molecular weight is 565 g/mol. The van der Waals surface area contributed by atoms with E-state index in [1.807, 2.05) is 19.1 Å². The highest BCUT2D eigenvalue weighted by atomic mass is 35.5. The SMILES string of the molecule is CC(=O)Nc1nc2c(s1)-c1c(c(-c3cccnc3)nn1-c1ccc(C(=O)N3CC(C)OC(O)C3)cc1Cl)CC2. The number of hydrogen-bond acceptors (Lipinski definition) is 8. The number of pyridine rings is 1. The van der Waals surface area contributed by atoms with Crippen LogP contribution in [0.15, 0.2) is 42.7 Å². The summed E-state index contributed by atoms with van der Waals surface area (Å²) in [6.45, 7) is 3.73. The van der Waals surface area contributed by atoms with Gasteiger partial charge in [-0.1, -0.05) is 22.9 Å². The van der Waals surface area contributed by atoms with E-state index in [2.05, 4.69) is 15.3 Å². The number of hydrogen-bond donors (Lipinski definition) is 2. The number of anilines is 1. The number of aliphatic hydroxyl groups is 1. The number of rotatable bonds is 4. The van der Waals surface area contributed by atoms with Crippen molar-refractivity contribution in [3.05, 3.63) is 64.6 Å². The number of nitrogens with one attached hydrogen (secondary N) is 1. The summed E-state index contributed by atoms with van der Waals surface area (Å²) in [6, 6.07) is 8.95. The maximum absolute atomic E-state index is 13.2. The summed E-state index contributed by atoms with van der Waals surface area (Å²) >= 11 is 8.21. The van der Waals surface area contributed by atoms with E-state index in [0.717, 1.165) is 33.1 Å². The Bertz CT molecular complexity index is 1580. The predicted octanol–water partition coefficient (Wildman–Crippen LogP) is 3.95. The number of aromatic nitrogens is 4. The molecule has 2 amide bonds. The number of carbonyl (C=O) groups excluding carboxylic acids is 2. The van der Waals surface area contributed by atoms with Crippen LogP contribution < -0.4 is 5.32 Å². The molecule has 0 bridgehead atoms. The molecule has 12 heteroatoms. The van der Waals surface area contributed by atoms with Crippen LogP contribution >= 0.6 is 22.9 Å². The minimum absolute atomic E-state index is 0.0917. The van der Waals surface area contributed by atoms with Gasteiger partial charge in [-0.2, -0.15) is 5.10 Å². The topological polar surface area (TPSA) is 122 Å². The van der Waals surface area contributed by atoms with Gasteiger partial charge in [-0.15, -0.1) is 0 Å². The summed E-state index contributed by atoms with van der Waals surface area (Å²) in [4.78, 5) is 36.3. The van der Waals surface area contributed by atoms with Gasteiger partial charge in [-0.05, 0) is 50.1 Å². The van der Waals surface area contributed by atoms with Crippen LogP contribution in [0.4, 0.5) is 5.13 Å². The van der Waals surface area contributed by atoms with Crippen LogP contribution in [0, 0.1) is 0 Å². The Kier molecular flexibility index (Phi) is 6.67. The van der Waals surface area contributed by atoms with Crippen LogP contribution in [-0.4, -0.2) is 67.1 Å². The predicted molar refractivity (Wildman–Crippen MR) is 147 cm³/mol. The lowest BCUT2D eigenvalue weighted by molar-refractivity contribution is -0.169. The van der Waals surface area contributed by atoms with Gasteiger partial charge in [0, 0.05) is 42.6 Å². The molecule has 10 nitrogen and oxygen atoms in total. The number of aliphatic hydroxyl groups excluding tert-OH is 1. The molecule has 4 aromatic rings. The monoisotopic (exact) mass is 564 g/mol. The van der Waals surface area contributed by atoms with Gasteiger partial charge in [-0.3, -0.25) is 14.6 Å². The molecular weight excluding hydrogens is 540 g/mol. The van der Waals surface area contributed by atoms with Gasteiger partial charge in [0.15, 0.2) is 11.4 Å². The zero-order valence-electron chi connectivity index (χ0n) is 21.2. The molecule has 200 valence electrons. The molecule has 4 heterocycles. The number of nitrogens with zero attached hydrogens (tertiary/aromatic N) is 5. The second-order valence-electron chi connectivity index (χ2n) is 9.58. The average Bonchev–Trinajstić information content (AvgIpc) is 3.48.